The van der Waals surface area contributed by atoms with Crippen LogP contribution in [0.5, 0.6) is 0 Å². The number of carboxylic acids is 1. The van der Waals surface area contributed by atoms with Gasteiger partial charge in [-0.1, -0.05) is 0 Å². The van der Waals surface area contributed by atoms with E-state index in [1.807, 2.05) is 0 Å². The molecule has 0 bridgehead atoms. The van der Waals surface area contributed by atoms with E-state index in [1.54, 1.807) is 0 Å². The molecular weight excluding hydrogens is 239 g/mol. The molecule has 0 saturated carbocycles. The number of nitrogens with one attached hydrogen (secondary N) is 1. The summed E-state index contributed by atoms with van der Waals surface area (Å²) < 4.78 is 10.4. The first kappa shape index (κ1) is 15.5. The molecule has 0 radical (unpaired) electrons. The second kappa shape index (κ2) is 7.72. The first-order valence-electron chi connectivity index (χ1n) is 4.71. The van der Waals surface area contributed by atoms with Crippen LogP contribution >= 0.6 is 7.60 Å². The van der Waals surface area contributed by atoms with Crippen molar-refractivity contribution < 1.29 is 29.1 Å². The summed E-state index contributed by atoms with van der Waals surface area (Å²) in [7, 11) is -4.28. The number of hydrogen-bond donors (Lipinski definition) is 5. The molecule has 0 rings (SSSR count). The summed E-state index contributed by atoms with van der Waals surface area (Å²) in [6, 6.07) is -0.988. The second-order valence-electron chi connectivity index (χ2n) is 3.23. The Balaban J connectivity index is 3.86. The number of unbranched alkanes of at least 4 members (excludes halogenated alkanes) is 1. The molecule has 96 valence electrons. The maximum absolute atomic E-state index is 10.7. The fourth-order valence-electron chi connectivity index (χ4n) is 0.948. The second-order valence-corrected chi connectivity index (χ2v) is 4.82. The normalized spacial score (nSPS) is 13.7. The van der Waals surface area contributed by atoms with Crippen LogP contribution in [-0.2, 0) is 14.2 Å². The highest BCUT2D eigenvalue weighted by molar-refractivity contribution is 7.51. The van der Waals surface area contributed by atoms with Gasteiger partial charge in [-0.25, -0.2) is 0 Å². The van der Waals surface area contributed by atoms with Gasteiger partial charge in [-0.2, -0.15) is 5.48 Å². The Morgan fingerprint density at radius 3 is 2.50 bits per heavy atom. The molecule has 0 heterocycles. The van der Waals surface area contributed by atoms with Crippen LogP contribution in [0.3, 0.4) is 0 Å². The van der Waals surface area contributed by atoms with Crippen LogP contribution in [0.1, 0.15) is 19.3 Å². The number of nitrogens with two attached hydrogens (primary N) is 1. The fourth-order valence-corrected chi connectivity index (χ4v) is 1.19. The van der Waals surface area contributed by atoms with Crippen molar-refractivity contribution in [1.82, 2.24) is 5.48 Å². The van der Waals surface area contributed by atoms with E-state index in [1.165, 1.54) is 0 Å². The Hall–Kier alpha value is -0.500. The Bertz CT molecular complexity index is 255. The molecule has 6 N–H and O–H groups in total. The van der Waals surface area contributed by atoms with Gasteiger partial charge in [-0.05, 0) is 25.8 Å². The molecule has 1 unspecified atom stereocenters. The van der Waals surface area contributed by atoms with Crippen molar-refractivity contribution in [3.05, 3.63) is 0 Å². The monoisotopic (exact) mass is 256 g/mol. The maximum Gasteiger partial charge on any atom is 0.353 e. The molecule has 0 aliphatic heterocycles. The Labute approximate surface area is 92.9 Å². The maximum atomic E-state index is 10.7. The lowest BCUT2D eigenvalue weighted by Gasteiger charge is -2.14. The molecule has 0 aromatic heterocycles. The summed E-state index contributed by atoms with van der Waals surface area (Å²) in [6.45, 7) is 0.468. The lowest BCUT2D eigenvalue weighted by molar-refractivity contribution is -0.144. The van der Waals surface area contributed by atoms with E-state index >= 15 is 0 Å². The van der Waals surface area contributed by atoms with Gasteiger partial charge in [0.1, 0.15) is 6.04 Å². The summed E-state index contributed by atoms with van der Waals surface area (Å²) in [5.41, 5.74) is 7.35. The lowest BCUT2D eigenvalue weighted by Crippen LogP contribution is -2.36. The van der Waals surface area contributed by atoms with Crippen molar-refractivity contribution in [2.45, 2.75) is 25.3 Å². The van der Waals surface area contributed by atoms with Gasteiger partial charge in [0.15, 0.2) is 6.35 Å². The average molecular weight is 256 g/mol. The molecule has 0 spiro atoms. The minimum atomic E-state index is -4.28. The smallest absolute Gasteiger partial charge is 0.353 e. The van der Waals surface area contributed by atoms with Gasteiger partial charge < -0.3 is 20.6 Å². The van der Waals surface area contributed by atoms with E-state index in [0.29, 0.717) is 19.4 Å². The van der Waals surface area contributed by atoms with Gasteiger partial charge in [0.2, 0.25) is 0 Å². The number of carbonyl (C=O) groups is 1. The molecule has 9 heteroatoms. The van der Waals surface area contributed by atoms with E-state index in [-0.39, 0.29) is 6.42 Å². The van der Waals surface area contributed by atoms with Crippen molar-refractivity contribution in [2.75, 3.05) is 12.9 Å². The zero-order valence-electron chi connectivity index (χ0n) is 8.70. The zero-order valence-corrected chi connectivity index (χ0v) is 9.60. The van der Waals surface area contributed by atoms with E-state index in [2.05, 4.69) is 10.3 Å². The fraction of sp³-hybridized carbons (Fsp3) is 0.857. The lowest BCUT2D eigenvalue weighted by atomic mass is 10.1. The highest BCUT2D eigenvalue weighted by Gasteiger charge is 2.19. The molecule has 8 nitrogen and oxygen atoms in total. The third-order valence-electron chi connectivity index (χ3n) is 1.70. The standard InChI is InChI=1S/C7H17N2O6P/c8-4-2-1-3-6(7(10)11)9-15-5-16(12,13)14/h6,9H,1-5,8H2,(H,10,11)(H2,12,13,14). The predicted octanol–water partition coefficient (Wildman–Crippen LogP) is -0.775. The third kappa shape index (κ3) is 8.78. The minimum Gasteiger partial charge on any atom is -0.480 e. The first-order chi connectivity index (χ1) is 7.37. The predicted molar refractivity (Wildman–Crippen MR) is 55.5 cm³/mol. The third-order valence-corrected chi connectivity index (χ3v) is 2.17. The van der Waals surface area contributed by atoms with Crippen LogP contribution < -0.4 is 11.2 Å². The SMILES string of the molecule is NCCCCC(NOCP(=O)(O)O)C(=O)O. The van der Waals surface area contributed by atoms with Gasteiger partial charge >= 0.3 is 13.6 Å². The molecule has 0 aromatic carbocycles. The Morgan fingerprint density at radius 1 is 1.44 bits per heavy atom. The molecule has 16 heavy (non-hydrogen) atoms. The molecule has 0 fully saturated rings. The number of hydroxylamine groups is 1. The molecule has 0 aliphatic rings. The van der Waals surface area contributed by atoms with E-state index in [0.717, 1.165) is 0 Å². The highest BCUT2D eigenvalue weighted by Crippen LogP contribution is 2.33. The summed E-state index contributed by atoms with van der Waals surface area (Å²) in [4.78, 5) is 32.0. The van der Waals surface area contributed by atoms with Gasteiger partial charge in [0, 0.05) is 0 Å². The van der Waals surface area contributed by atoms with Crippen molar-refractivity contribution >= 4 is 13.6 Å². The largest absolute Gasteiger partial charge is 0.480 e. The molecule has 0 saturated heterocycles. The van der Waals surface area contributed by atoms with Gasteiger partial charge in [-0.3, -0.25) is 14.2 Å². The molecule has 1 atom stereocenters. The van der Waals surface area contributed by atoms with Crippen LogP contribution in [0.4, 0.5) is 0 Å². The van der Waals surface area contributed by atoms with Gasteiger partial charge in [-0.15, -0.1) is 0 Å². The van der Waals surface area contributed by atoms with Crippen LogP contribution in [0.2, 0.25) is 0 Å². The van der Waals surface area contributed by atoms with E-state index < -0.39 is 26.0 Å². The topological polar surface area (TPSA) is 142 Å². The number of rotatable bonds is 9. The van der Waals surface area contributed by atoms with E-state index in [4.69, 9.17) is 20.6 Å². The van der Waals surface area contributed by atoms with Crippen LogP contribution in [-0.4, -0.2) is 39.8 Å². The highest BCUT2D eigenvalue weighted by atomic mass is 31.2. The molecule has 0 aromatic rings. The first-order valence-corrected chi connectivity index (χ1v) is 6.51. The quantitative estimate of drug-likeness (QED) is 0.205. The van der Waals surface area contributed by atoms with Crippen molar-refractivity contribution in [3.63, 3.8) is 0 Å². The summed E-state index contributed by atoms with van der Waals surface area (Å²) >= 11 is 0. The van der Waals surface area contributed by atoms with Gasteiger partial charge in [0.25, 0.3) is 0 Å². The van der Waals surface area contributed by atoms with Crippen molar-refractivity contribution in [3.8, 4) is 0 Å². The summed E-state index contributed by atoms with van der Waals surface area (Å²) in [5.74, 6) is -1.14. The molecule has 0 aliphatic carbocycles. The zero-order chi connectivity index (χ0) is 12.6. The number of aliphatic carboxylic acids is 1. The van der Waals surface area contributed by atoms with Crippen LogP contribution in [0, 0.1) is 0 Å². The van der Waals surface area contributed by atoms with Crippen LogP contribution in [0.25, 0.3) is 0 Å². The minimum absolute atomic E-state index is 0.285. The summed E-state index contributed by atoms with van der Waals surface area (Å²) in [5, 5.41) is 8.73. The summed E-state index contributed by atoms with van der Waals surface area (Å²) in [6.07, 6.45) is 0.713. The van der Waals surface area contributed by atoms with Crippen molar-refractivity contribution in [1.29, 1.82) is 0 Å². The molecular formula is C7H17N2O6P. The van der Waals surface area contributed by atoms with Crippen LogP contribution in [0.15, 0.2) is 0 Å². The van der Waals surface area contributed by atoms with E-state index in [9.17, 15) is 9.36 Å². The Morgan fingerprint density at radius 2 is 2.06 bits per heavy atom. The van der Waals surface area contributed by atoms with Crippen molar-refractivity contribution in [2.24, 2.45) is 5.73 Å². The number of carboxylic acid groups (broad SMARTS) is 1. The molecule has 0 amide bonds. The number of hydrogen-bond acceptors (Lipinski definition) is 5. The Kier molecular flexibility index (Phi) is 7.48. The average Bonchev–Trinajstić information content (AvgIpc) is 2.13. The van der Waals surface area contributed by atoms with Gasteiger partial charge in [0.05, 0.1) is 0 Å².